The van der Waals surface area contributed by atoms with Gasteiger partial charge in [-0.25, -0.2) is 0 Å². The first-order valence-corrected chi connectivity index (χ1v) is 8.23. The van der Waals surface area contributed by atoms with Crippen LogP contribution in [-0.4, -0.2) is 6.54 Å². The highest BCUT2D eigenvalue weighted by molar-refractivity contribution is 5.07. The molecular weight excluding hydrogens is 242 g/mol. The zero-order chi connectivity index (χ0) is 15.4. The van der Waals surface area contributed by atoms with Gasteiger partial charge in [-0.05, 0) is 65.2 Å². The van der Waals surface area contributed by atoms with Gasteiger partial charge < -0.3 is 5.73 Å². The van der Waals surface area contributed by atoms with E-state index in [0.29, 0.717) is 6.54 Å². The summed E-state index contributed by atoms with van der Waals surface area (Å²) in [5, 5.41) is 0. The molecule has 0 spiro atoms. The van der Waals surface area contributed by atoms with Crippen molar-refractivity contribution in [3.05, 3.63) is 34.9 Å². The fourth-order valence-electron chi connectivity index (χ4n) is 2.58. The molecule has 0 amide bonds. The number of allylic oxidation sites excluding steroid dienone is 5. The molecule has 0 aromatic heterocycles. The summed E-state index contributed by atoms with van der Waals surface area (Å²) in [6.07, 6.45) is 14.1. The van der Waals surface area contributed by atoms with Gasteiger partial charge in [0.1, 0.15) is 0 Å². The number of hydrogen-bond donors (Lipinski definition) is 1. The summed E-state index contributed by atoms with van der Waals surface area (Å²) in [5.41, 5.74) is 9.99. The first-order chi connectivity index (χ1) is 9.54. The van der Waals surface area contributed by atoms with Crippen LogP contribution in [0.15, 0.2) is 34.9 Å². The number of rotatable bonds is 10. The lowest BCUT2D eigenvalue weighted by Gasteiger charge is -2.13. The van der Waals surface area contributed by atoms with E-state index in [1.807, 2.05) is 0 Å². The highest BCUT2D eigenvalue weighted by Crippen LogP contribution is 2.19. The van der Waals surface area contributed by atoms with Gasteiger partial charge in [-0.1, -0.05) is 48.8 Å². The number of nitrogens with two attached hydrogens (primary N) is 1. The van der Waals surface area contributed by atoms with E-state index in [1.165, 1.54) is 36.8 Å². The minimum absolute atomic E-state index is 0.661. The lowest BCUT2D eigenvalue weighted by molar-refractivity contribution is 0.569. The molecule has 0 saturated carbocycles. The van der Waals surface area contributed by atoms with E-state index in [4.69, 9.17) is 5.73 Å². The predicted octanol–water partition coefficient (Wildman–Crippen LogP) is 5.78. The Kier molecular flexibility index (Phi) is 11.5. The molecule has 1 heteroatoms. The highest BCUT2D eigenvalue weighted by atomic mass is 14.5. The maximum atomic E-state index is 5.50. The van der Waals surface area contributed by atoms with Crippen LogP contribution in [0, 0.1) is 5.92 Å². The summed E-state index contributed by atoms with van der Waals surface area (Å²) >= 11 is 0. The fraction of sp³-hybridized carbons (Fsp3) is 0.684. The van der Waals surface area contributed by atoms with Crippen molar-refractivity contribution in [1.29, 1.82) is 0 Å². The molecule has 0 atom stereocenters. The van der Waals surface area contributed by atoms with Crippen molar-refractivity contribution in [2.24, 2.45) is 11.7 Å². The lowest BCUT2D eigenvalue weighted by atomic mass is 9.93. The van der Waals surface area contributed by atoms with Gasteiger partial charge in [0, 0.05) is 6.54 Å². The van der Waals surface area contributed by atoms with Crippen molar-refractivity contribution in [1.82, 2.24) is 0 Å². The third-order valence-corrected chi connectivity index (χ3v) is 4.13. The van der Waals surface area contributed by atoms with Crippen molar-refractivity contribution < 1.29 is 0 Å². The molecule has 0 unspecified atom stereocenters. The molecule has 0 heterocycles. The van der Waals surface area contributed by atoms with Gasteiger partial charge in [-0.3, -0.25) is 0 Å². The Labute approximate surface area is 127 Å². The fourth-order valence-corrected chi connectivity index (χ4v) is 2.58. The van der Waals surface area contributed by atoms with Crippen LogP contribution < -0.4 is 5.73 Å². The lowest BCUT2D eigenvalue weighted by Crippen LogP contribution is -1.98. The zero-order valence-corrected chi connectivity index (χ0v) is 14.3. The largest absolute Gasteiger partial charge is 0.327 e. The van der Waals surface area contributed by atoms with Crippen LogP contribution >= 0.6 is 0 Å². The monoisotopic (exact) mass is 277 g/mol. The van der Waals surface area contributed by atoms with Crippen molar-refractivity contribution >= 4 is 0 Å². The molecule has 2 N–H and O–H groups in total. The predicted molar refractivity (Wildman–Crippen MR) is 92.9 cm³/mol. The van der Waals surface area contributed by atoms with Crippen molar-refractivity contribution in [2.45, 2.75) is 73.1 Å². The van der Waals surface area contributed by atoms with Crippen LogP contribution in [0.3, 0.4) is 0 Å². The molecule has 0 fully saturated rings. The second kappa shape index (κ2) is 12.0. The molecule has 0 radical (unpaired) electrons. The highest BCUT2D eigenvalue weighted by Gasteiger charge is 2.04. The van der Waals surface area contributed by atoms with Crippen LogP contribution in [0.2, 0.25) is 0 Å². The Bertz CT molecular complexity index is 330. The van der Waals surface area contributed by atoms with Gasteiger partial charge in [0.25, 0.3) is 0 Å². The summed E-state index contributed by atoms with van der Waals surface area (Å²) in [6, 6.07) is 0. The van der Waals surface area contributed by atoms with Crippen LogP contribution in [-0.2, 0) is 0 Å². The summed E-state index contributed by atoms with van der Waals surface area (Å²) in [7, 11) is 0. The zero-order valence-electron chi connectivity index (χ0n) is 14.3. The van der Waals surface area contributed by atoms with Crippen LogP contribution in [0.5, 0.6) is 0 Å². The van der Waals surface area contributed by atoms with E-state index in [-0.39, 0.29) is 0 Å². The molecule has 1 nitrogen and oxygen atoms in total. The van der Waals surface area contributed by atoms with E-state index in [1.54, 1.807) is 5.57 Å². The molecule has 0 rings (SSSR count). The topological polar surface area (TPSA) is 26.0 Å². The average Bonchev–Trinajstić information content (AvgIpc) is 2.40. The van der Waals surface area contributed by atoms with Crippen LogP contribution in [0.25, 0.3) is 0 Å². The molecule has 0 bridgehead atoms. The summed E-state index contributed by atoms with van der Waals surface area (Å²) in [6.45, 7) is 11.9. The molecule has 116 valence electrons. The van der Waals surface area contributed by atoms with E-state index >= 15 is 0 Å². The minimum atomic E-state index is 0.661. The molecule has 0 aliphatic heterocycles. The van der Waals surface area contributed by atoms with Crippen LogP contribution in [0.4, 0.5) is 0 Å². The maximum absolute atomic E-state index is 5.50. The Morgan fingerprint density at radius 1 is 0.850 bits per heavy atom. The second-order valence-corrected chi connectivity index (χ2v) is 5.88. The van der Waals surface area contributed by atoms with Gasteiger partial charge in [-0.15, -0.1) is 0 Å². The Morgan fingerprint density at radius 3 is 1.85 bits per heavy atom. The Hall–Kier alpha value is -0.820. The molecule has 0 aliphatic carbocycles. The second-order valence-electron chi connectivity index (χ2n) is 5.88. The van der Waals surface area contributed by atoms with Gasteiger partial charge >= 0.3 is 0 Å². The van der Waals surface area contributed by atoms with Gasteiger partial charge in [-0.2, -0.15) is 0 Å². The summed E-state index contributed by atoms with van der Waals surface area (Å²) in [5.74, 6) is 0.781. The smallest absolute Gasteiger partial charge is 0.0109 e. The Balaban J connectivity index is 4.06. The first-order valence-electron chi connectivity index (χ1n) is 8.23. The normalized spacial score (nSPS) is 14.2. The summed E-state index contributed by atoms with van der Waals surface area (Å²) < 4.78 is 0. The standard InChI is InChI=1S/C19H35N/c1-6-19(7-2)18(5)13-9-12-16(3)10-8-11-17(4)14-15-20/h10,13-14,19H,6-9,11-12,15,20H2,1-5H3. The van der Waals surface area contributed by atoms with E-state index < -0.39 is 0 Å². The average molecular weight is 277 g/mol. The molecule has 0 aliphatic rings. The van der Waals surface area contributed by atoms with Crippen LogP contribution in [0.1, 0.15) is 73.1 Å². The summed E-state index contributed by atoms with van der Waals surface area (Å²) in [4.78, 5) is 0. The SMILES string of the molecule is CCC(CC)C(C)=CCCC(C)=CCCC(C)=CCN. The third kappa shape index (κ3) is 9.14. The molecule has 0 saturated heterocycles. The Morgan fingerprint density at radius 2 is 1.35 bits per heavy atom. The van der Waals surface area contributed by atoms with Gasteiger partial charge in [0.15, 0.2) is 0 Å². The third-order valence-electron chi connectivity index (χ3n) is 4.13. The molecule has 20 heavy (non-hydrogen) atoms. The van der Waals surface area contributed by atoms with E-state index in [2.05, 4.69) is 52.8 Å². The maximum Gasteiger partial charge on any atom is 0.0109 e. The van der Waals surface area contributed by atoms with Gasteiger partial charge in [0.05, 0.1) is 0 Å². The van der Waals surface area contributed by atoms with Crippen molar-refractivity contribution in [2.75, 3.05) is 6.54 Å². The molecule has 0 aromatic carbocycles. The van der Waals surface area contributed by atoms with E-state index in [0.717, 1.165) is 18.8 Å². The first kappa shape index (κ1) is 19.2. The quantitative estimate of drug-likeness (QED) is 0.503. The van der Waals surface area contributed by atoms with Crippen molar-refractivity contribution in [3.8, 4) is 0 Å². The molecular formula is C19H35N. The van der Waals surface area contributed by atoms with Crippen molar-refractivity contribution in [3.63, 3.8) is 0 Å². The van der Waals surface area contributed by atoms with Gasteiger partial charge in [0.2, 0.25) is 0 Å². The minimum Gasteiger partial charge on any atom is -0.327 e. The number of hydrogen-bond acceptors (Lipinski definition) is 1. The van der Waals surface area contributed by atoms with E-state index in [9.17, 15) is 0 Å². The molecule has 0 aromatic rings.